The van der Waals surface area contributed by atoms with E-state index in [2.05, 4.69) is 10.2 Å². The summed E-state index contributed by atoms with van der Waals surface area (Å²) < 4.78 is 37.8. The maximum Gasteiger partial charge on any atom is 0.417 e. The summed E-state index contributed by atoms with van der Waals surface area (Å²) in [6.45, 7) is 1.44. The Bertz CT molecular complexity index is 470. The first-order chi connectivity index (χ1) is 6.50. The molecule has 1 aromatic carbocycles. The second-order valence-corrected chi connectivity index (χ2v) is 3.09. The zero-order valence-corrected chi connectivity index (χ0v) is 7.31. The van der Waals surface area contributed by atoms with E-state index in [1.165, 1.54) is 19.2 Å². The fraction of sp³-hybridized carbons (Fsp3) is 0.222. The summed E-state index contributed by atoms with van der Waals surface area (Å²) in [5.74, 6) is 0. The van der Waals surface area contributed by atoms with Gasteiger partial charge >= 0.3 is 6.18 Å². The summed E-state index contributed by atoms with van der Waals surface area (Å²) in [5.41, 5.74) is 0.0121. The van der Waals surface area contributed by atoms with Crippen LogP contribution in [0.4, 0.5) is 13.2 Å². The van der Waals surface area contributed by atoms with Crippen LogP contribution in [0.2, 0.25) is 0 Å². The summed E-state index contributed by atoms with van der Waals surface area (Å²) in [7, 11) is 0. The fourth-order valence-electron chi connectivity index (χ4n) is 1.50. The maximum atomic E-state index is 12.6. The highest BCUT2D eigenvalue weighted by atomic mass is 19.4. The van der Waals surface area contributed by atoms with E-state index in [1.54, 1.807) is 6.07 Å². The summed E-state index contributed by atoms with van der Waals surface area (Å²) in [6, 6.07) is 3.02. The van der Waals surface area contributed by atoms with Crippen LogP contribution in [0.5, 0.6) is 0 Å². The zero-order valence-electron chi connectivity index (χ0n) is 7.31. The van der Waals surface area contributed by atoms with Gasteiger partial charge in [0, 0.05) is 5.39 Å². The van der Waals surface area contributed by atoms with E-state index in [0.29, 0.717) is 5.52 Å². The molecule has 0 spiro atoms. The molecule has 74 valence electrons. The summed E-state index contributed by atoms with van der Waals surface area (Å²) in [4.78, 5) is 0. The quantitative estimate of drug-likeness (QED) is 0.695. The molecule has 1 heterocycles. The first kappa shape index (κ1) is 9.05. The fourth-order valence-corrected chi connectivity index (χ4v) is 1.50. The van der Waals surface area contributed by atoms with Crippen molar-refractivity contribution in [1.82, 2.24) is 10.2 Å². The molecule has 2 nitrogen and oxygen atoms in total. The van der Waals surface area contributed by atoms with Crippen molar-refractivity contribution in [3.8, 4) is 0 Å². The number of nitrogens with zero attached hydrogens (tertiary/aromatic N) is 1. The van der Waals surface area contributed by atoms with E-state index in [-0.39, 0.29) is 10.9 Å². The minimum Gasteiger partial charge on any atom is -0.278 e. The van der Waals surface area contributed by atoms with Gasteiger partial charge in [-0.05, 0) is 18.6 Å². The van der Waals surface area contributed by atoms with Gasteiger partial charge in [0.05, 0.1) is 17.3 Å². The number of nitrogens with one attached hydrogen (secondary N) is 1. The molecule has 0 unspecified atom stereocenters. The Morgan fingerprint density at radius 2 is 2.00 bits per heavy atom. The Kier molecular flexibility index (Phi) is 1.77. The average Bonchev–Trinajstić information content (AvgIpc) is 2.48. The number of hydrogen-bond acceptors (Lipinski definition) is 1. The standard InChI is InChI=1S/C9H7F3N2/c1-5-2-3-7-6(4-13-14-7)8(5)9(10,11)12/h2-4H,1H3,(H,13,14). The van der Waals surface area contributed by atoms with Crippen molar-refractivity contribution in [2.24, 2.45) is 0 Å². The lowest BCUT2D eigenvalue weighted by Gasteiger charge is -2.10. The predicted molar refractivity (Wildman–Crippen MR) is 45.8 cm³/mol. The Hall–Kier alpha value is -1.52. The first-order valence-corrected chi connectivity index (χ1v) is 4.00. The molecule has 2 aromatic rings. The number of alkyl halides is 3. The van der Waals surface area contributed by atoms with Crippen molar-refractivity contribution < 1.29 is 13.2 Å². The van der Waals surface area contributed by atoms with E-state index in [0.717, 1.165) is 0 Å². The van der Waals surface area contributed by atoms with Crippen LogP contribution in [0.25, 0.3) is 10.9 Å². The number of aromatic nitrogens is 2. The normalized spacial score (nSPS) is 12.3. The van der Waals surface area contributed by atoms with Crippen LogP contribution in [0.1, 0.15) is 11.1 Å². The van der Waals surface area contributed by atoms with Crippen LogP contribution < -0.4 is 0 Å². The van der Waals surface area contributed by atoms with Gasteiger partial charge in [-0.2, -0.15) is 18.3 Å². The number of H-pyrrole nitrogens is 1. The summed E-state index contributed by atoms with van der Waals surface area (Å²) in [6.07, 6.45) is -3.13. The van der Waals surface area contributed by atoms with Gasteiger partial charge in [-0.15, -0.1) is 0 Å². The van der Waals surface area contributed by atoms with Crippen molar-refractivity contribution in [1.29, 1.82) is 0 Å². The number of rotatable bonds is 0. The molecule has 0 aliphatic carbocycles. The van der Waals surface area contributed by atoms with Gasteiger partial charge in [-0.25, -0.2) is 0 Å². The van der Waals surface area contributed by atoms with Gasteiger partial charge in [0.15, 0.2) is 0 Å². The second-order valence-electron chi connectivity index (χ2n) is 3.09. The van der Waals surface area contributed by atoms with Gasteiger partial charge in [0.2, 0.25) is 0 Å². The highest BCUT2D eigenvalue weighted by Crippen LogP contribution is 2.36. The van der Waals surface area contributed by atoms with E-state index >= 15 is 0 Å². The molecule has 0 saturated carbocycles. The molecule has 14 heavy (non-hydrogen) atoms. The number of hydrogen-bond donors (Lipinski definition) is 1. The van der Waals surface area contributed by atoms with Gasteiger partial charge in [-0.1, -0.05) is 6.07 Å². The third-order valence-corrected chi connectivity index (χ3v) is 2.12. The molecule has 5 heteroatoms. The number of aryl methyl sites for hydroxylation is 1. The number of halogens is 3. The molecule has 0 fully saturated rings. The van der Waals surface area contributed by atoms with Crippen molar-refractivity contribution in [3.05, 3.63) is 29.5 Å². The third-order valence-electron chi connectivity index (χ3n) is 2.12. The Labute approximate surface area is 77.7 Å². The first-order valence-electron chi connectivity index (χ1n) is 4.00. The number of benzene rings is 1. The summed E-state index contributed by atoms with van der Waals surface area (Å²) >= 11 is 0. The molecular formula is C9H7F3N2. The molecule has 0 aliphatic rings. The largest absolute Gasteiger partial charge is 0.417 e. The predicted octanol–water partition coefficient (Wildman–Crippen LogP) is 2.89. The molecule has 0 saturated heterocycles. The van der Waals surface area contributed by atoms with Crippen LogP contribution in [-0.4, -0.2) is 10.2 Å². The van der Waals surface area contributed by atoms with E-state index in [1.807, 2.05) is 0 Å². The zero-order chi connectivity index (χ0) is 10.3. The molecule has 0 radical (unpaired) electrons. The van der Waals surface area contributed by atoms with Crippen LogP contribution in [0, 0.1) is 6.92 Å². The molecule has 0 atom stereocenters. The van der Waals surface area contributed by atoms with Crippen molar-refractivity contribution in [3.63, 3.8) is 0 Å². The van der Waals surface area contributed by atoms with Crippen LogP contribution in [-0.2, 0) is 6.18 Å². The van der Waals surface area contributed by atoms with Crippen molar-refractivity contribution in [2.45, 2.75) is 13.1 Å². The topological polar surface area (TPSA) is 28.7 Å². The van der Waals surface area contributed by atoms with Gasteiger partial charge in [-0.3, -0.25) is 5.10 Å². The minimum absolute atomic E-state index is 0.123. The van der Waals surface area contributed by atoms with E-state index < -0.39 is 11.7 Å². The van der Waals surface area contributed by atoms with Gasteiger partial charge < -0.3 is 0 Å². The van der Waals surface area contributed by atoms with Gasteiger partial charge in [0.1, 0.15) is 0 Å². The average molecular weight is 200 g/mol. The Balaban J connectivity index is 2.83. The molecular weight excluding hydrogens is 193 g/mol. The molecule has 0 bridgehead atoms. The lowest BCUT2D eigenvalue weighted by molar-refractivity contribution is -0.136. The molecule has 0 aliphatic heterocycles. The smallest absolute Gasteiger partial charge is 0.278 e. The van der Waals surface area contributed by atoms with Gasteiger partial charge in [0.25, 0.3) is 0 Å². The van der Waals surface area contributed by atoms with Crippen LogP contribution in [0.15, 0.2) is 18.3 Å². The molecule has 1 aromatic heterocycles. The second kappa shape index (κ2) is 2.73. The number of fused-ring (bicyclic) bond motifs is 1. The highest BCUT2D eigenvalue weighted by molar-refractivity contribution is 5.83. The summed E-state index contributed by atoms with van der Waals surface area (Å²) in [5, 5.41) is 6.22. The van der Waals surface area contributed by atoms with Crippen LogP contribution >= 0.6 is 0 Å². The van der Waals surface area contributed by atoms with E-state index in [9.17, 15) is 13.2 Å². The van der Waals surface area contributed by atoms with Crippen LogP contribution in [0.3, 0.4) is 0 Å². The SMILES string of the molecule is Cc1ccc2[nH]ncc2c1C(F)(F)F. The van der Waals surface area contributed by atoms with Crippen molar-refractivity contribution in [2.75, 3.05) is 0 Å². The minimum atomic E-state index is -4.33. The lowest BCUT2D eigenvalue weighted by atomic mass is 10.0. The highest BCUT2D eigenvalue weighted by Gasteiger charge is 2.34. The molecule has 0 amide bonds. The monoisotopic (exact) mass is 200 g/mol. The number of aromatic amines is 1. The third kappa shape index (κ3) is 1.25. The Morgan fingerprint density at radius 3 is 2.64 bits per heavy atom. The lowest BCUT2D eigenvalue weighted by Crippen LogP contribution is -2.07. The van der Waals surface area contributed by atoms with E-state index in [4.69, 9.17) is 0 Å². The molecule has 1 N–H and O–H groups in total. The Morgan fingerprint density at radius 1 is 1.29 bits per heavy atom. The maximum absolute atomic E-state index is 12.6. The van der Waals surface area contributed by atoms with Crippen molar-refractivity contribution >= 4 is 10.9 Å². The molecule has 2 rings (SSSR count).